The molecule has 0 radical (unpaired) electrons. The second kappa shape index (κ2) is 7.84. The maximum Gasteiger partial charge on any atom is 0.317 e. The molecule has 27 heavy (non-hydrogen) atoms. The van der Waals surface area contributed by atoms with Crippen LogP contribution in [0, 0.1) is 0 Å². The van der Waals surface area contributed by atoms with Crippen LogP contribution in [0.3, 0.4) is 0 Å². The van der Waals surface area contributed by atoms with E-state index in [2.05, 4.69) is 4.98 Å². The molecule has 3 aromatic rings. The third kappa shape index (κ3) is 3.78. The van der Waals surface area contributed by atoms with E-state index in [1.54, 1.807) is 23.6 Å². The first-order valence-corrected chi connectivity index (χ1v) is 9.93. The molecule has 0 bridgehead atoms. The highest BCUT2D eigenvalue weighted by Gasteiger charge is 2.43. The van der Waals surface area contributed by atoms with Crippen LogP contribution in [0.5, 0.6) is 0 Å². The Hall–Kier alpha value is -2.15. The van der Waals surface area contributed by atoms with Crippen LogP contribution in [0.25, 0.3) is 10.8 Å². The second-order valence-corrected chi connectivity index (χ2v) is 7.77. The maximum atomic E-state index is 13.1. The molecule has 7 heteroatoms. The van der Waals surface area contributed by atoms with Gasteiger partial charge in [0.25, 0.3) is 0 Å². The van der Waals surface area contributed by atoms with Gasteiger partial charge >= 0.3 is 5.97 Å². The minimum absolute atomic E-state index is 0.0420. The van der Waals surface area contributed by atoms with E-state index in [0.717, 1.165) is 10.4 Å². The summed E-state index contributed by atoms with van der Waals surface area (Å²) in [4.78, 5) is 18.2. The van der Waals surface area contributed by atoms with Crippen molar-refractivity contribution in [3.05, 3.63) is 64.3 Å². The monoisotopic (exact) mass is 403 g/mol. The number of oxazole rings is 1. The molecule has 0 saturated carbocycles. The molecule has 1 fully saturated rings. The Labute approximate surface area is 165 Å². The summed E-state index contributed by atoms with van der Waals surface area (Å²) in [6.07, 6.45) is 2.71. The van der Waals surface area contributed by atoms with E-state index in [9.17, 15) is 4.79 Å². The van der Waals surface area contributed by atoms with Crippen molar-refractivity contribution in [1.82, 2.24) is 4.98 Å². The van der Waals surface area contributed by atoms with Crippen molar-refractivity contribution in [2.24, 2.45) is 0 Å². The molecule has 1 saturated heterocycles. The fraction of sp³-hybridized carbons (Fsp3) is 0.300. The van der Waals surface area contributed by atoms with Crippen LogP contribution in [0.15, 0.2) is 52.4 Å². The minimum Gasteiger partial charge on any atom is -0.457 e. The van der Waals surface area contributed by atoms with Crippen LogP contribution in [0.1, 0.15) is 24.2 Å². The Morgan fingerprint density at radius 2 is 2.11 bits per heavy atom. The number of halogens is 1. The van der Waals surface area contributed by atoms with Crippen LogP contribution in [-0.4, -0.2) is 24.2 Å². The number of aromatic nitrogens is 1. The van der Waals surface area contributed by atoms with Crippen molar-refractivity contribution in [1.29, 1.82) is 0 Å². The first-order valence-electron chi connectivity index (χ1n) is 8.67. The zero-order chi connectivity index (χ0) is 18.7. The summed E-state index contributed by atoms with van der Waals surface area (Å²) in [5.74, 6) is 0.758. The molecule has 140 valence electrons. The van der Waals surface area contributed by atoms with Crippen LogP contribution < -0.4 is 0 Å². The van der Waals surface area contributed by atoms with Crippen LogP contribution >= 0.6 is 22.9 Å². The van der Waals surface area contributed by atoms with Gasteiger partial charge in [-0.15, -0.1) is 11.3 Å². The quantitative estimate of drug-likeness (QED) is 0.570. The lowest BCUT2D eigenvalue weighted by Crippen LogP contribution is -2.42. The van der Waals surface area contributed by atoms with Crippen LogP contribution in [0.4, 0.5) is 0 Å². The molecule has 0 aliphatic carbocycles. The number of hydrogen-bond acceptors (Lipinski definition) is 6. The third-order valence-corrected chi connectivity index (χ3v) is 5.84. The summed E-state index contributed by atoms with van der Waals surface area (Å²) in [6.45, 7) is 1.05. The third-order valence-electron chi connectivity index (χ3n) is 4.75. The van der Waals surface area contributed by atoms with Crippen molar-refractivity contribution in [2.45, 2.75) is 24.9 Å². The first-order chi connectivity index (χ1) is 13.2. The molecule has 3 heterocycles. The van der Waals surface area contributed by atoms with Crippen molar-refractivity contribution < 1.29 is 18.7 Å². The highest BCUT2D eigenvalue weighted by Crippen LogP contribution is 2.37. The van der Waals surface area contributed by atoms with Gasteiger partial charge in [-0.1, -0.05) is 29.8 Å². The standard InChI is InChI=1S/C20H18ClNO4S/c21-15-4-1-3-14(11-15)20(6-8-24-9-7-20)19(23)25-13-16-12-22-18(26-16)17-5-2-10-27-17/h1-5,10-12H,6-9,13H2. The number of thiophene rings is 1. The maximum absolute atomic E-state index is 13.1. The molecule has 2 aromatic heterocycles. The molecule has 0 spiro atoms. The van der Waals surface area contributed by atoms with E-state index < -0.39 is 5.41 Å². The van der Waals surface area contributed by atoms with Crippen molar-refractivity contribution in [2.75, 3.05) is 13.2 Å². The number of benzene rings is 1. The Bertz CT molecular complexity index is 916. The molecule has 5 nitrogen and oxygen atoms in total. The van der Waals surface area contributed by atoms with Crippen LogP contribution in [-0.2, 0) is 26.3 Å². The largest absolute Gasteiger partial charge is 0.457 e. The average molecular weight is 404 g/mol. The first kappa shape index (κ1) is 18.2. The van der Waals surface area contributed by atoms with Crippen molar-refractivity contribution >= 4 is 28.9 Å². The van der Waals surface area contributed by atoms with Gasteiger partial charge in [0.05, 0.1) is 16.5 Å². The number of hydrogen-bond donors (Lipinski definition) is 0. The van der Waals surface area contributed by atoms with Gasteiger partial charge in [0, 0.05) is 18.2 Å². The molecule has 0 amide bonds. The highest BCUT2D eigenvalue weighted by atomic mass is 35.5. The SMILES string of the molecule is O=C(OCc1cnc(-c2cccs2)o1)C1(c2cccc(Cl)c2)CCOCC1. The fourth-order valence-electron chi connectivity index (χ4n) is 3.28. The smallest absolute Gasteiger partial charge is 0.317 e. The van der Waals surface area contributed by atoms with Crippen molar-refractivity contribution in [3.8, 4) is 10.8 Å². The fourth-order valence-corrected chi connectivity index (χ4v) is 4.13. The minimum atomic E-state index is -0.750. The zero-order valence-corrected chi connectivity index (χ0v) is 16.1. The van der Waals surface area contributed by atoms with E-state index >= 15 is 0 Å². The Morgan fingerprint density at radius 1 is 1.26 bits per heavy atom. The van der Waals surface area contributed by atoms with Gasteiger partial charge in [0.1, 0.15) is 0 Å². The van der Waals surface area contributed by atoms with Gasteiger partial charge < -0.3 is 13.9 Å². The molecule has 0 unspecified atom stereocenters. The number of esters is 1. The Morgan fingerprint density at radius 3 is 2.85 bits per heavy atom. The molecule has 0 N–H and O–H groups in total. The predicted molar refractivity (Wildman–Crippen MR) is 103 cm³/mol. The summed E-state index contributed by atoms with van der Waals surface area (Å²) < 4.78 is 16.8. The predicted octanol–water partition coefficient (Wildman–Crippen LogP) is 4.85. The second-order valence-electron chi connectivity index (χ2n) is 6.39. The number of ether oxygens (including phenoxy) is 2. The molecule has 1 aliphatic rings. The Balaban J connectivity index is 1.51. The molecule has 0 atom stereocenters. The lowest BCUT2D eigenvalue weighted by molar-refractivity contribution is -0.156. The number of rotatable bonds is 5. The van der Waals surface area contributed by atoms with Gasteiger partial charge in [-0.3, -0.25) is 4.79 Å². The summed E-state index contributed by atoms with van der Waals surface area (Å²) >= 11 is 7.69. The number of carbonyl (C=O) groups excluding carboxylic acids is 1. The van der Waals surface area contributed by atoms with Gasteiger partial charge in [0.2, 0.25) is 5.89 Å². The van der Waals surface area contributed by atoms with Gasteiger partial charge in [-0.05, 0) is 42.0 Å². The highest BCUT2D eigenvalue weighted by molar-refractivity contribution is 7.13. The molecule has 1 aliphatic heterocycles. The van der Waals surface area contributed by atoms with E-state index in [1.807, 2.05) is 35.7 Å². The zero-order valence-electron chi connectivity index (χ0n) is 14.5. The topological polar surface area (TPSA) is 61.6 Å². The van der Waals surface area contributed by atoms with E-state index in [4.69, 9.17) is 25.5 Å². The Kier molecular flexibility index (Phi) is 5.29. The summed E-state index contributed by atoms with van der Waals surface area (Å²) in [6, 6.07) is 11.3. The number of carbonyl (C=O) groups is 1. The average Bonchev–Trinajstić information content (AvgIpc) is 3.38. The van der Waals surface area contributed by atoms with Crippen molar-refractivity contribution in [3.63, 3.8) is 0 Å². The molecule has 4 rings (SSSR count). The molecular weight excluding hydrogens is 386 g/mol. The van der Waals surface area contributed by atoms with Gasteiger partial charge in [0.15, 0.2) is 12.4 Å². The normalized spacial score (nSPS) is 16.2. The molecule has 1 aromatic carbocycles. The lowest BCUT2D eigenvalue weighted by Gasteiger charge is -2.35. The summed E-state index contributed by atoms with van der Waals surface area (Å²) in [7, 11) is 0. The molecular formula is C20H18ClNO4S. The lowest BCUT2D eigenvalue weighted by atomic mass is 9.74. The van der Waals surface area contributed by atoms with Gasteiger partial charge in [-0.25, -0.2) is 4.98 Å². The van der Waals surface area contributed by atoms with Gasteiger partial charge in [-0.2, -0.15) is 0 Å². The van der Waals surface area contributed by atoms with Crippen LogP contribution in [0.2, 0.25) is 5.02 Å². The van der Waals surface area contributed by atoms with E-state index in [-0.39, 0.29) is 12.6 Å². The van der Waals surface area contributed by atoms with E-state index in [1.165, 1.54) is 0 Å². The summed E-state index contributed by atoms with van der Waals surface area (Å²) in [5, 5.41) is 2.56. The number of nitrogens with zero attached hydrogens (tertiary/aromatic N) is 1. The summed E-state index contributed by atoms with van der Waals surface area (Å²) in [5.41, 5.74) is 0.111. The van der Waals surface area contributed by atoms with E-state index in [0.29, 0.717) is 42.7 Å².